The molecule has 2 rings (SSSR count). The van der Waals surface area contributed by atoms with Crippen molar-refractivity contribution in [2.24, 2.45) is 0 Å². The van der Waals surface area contributed by atoms with Crippen LogP contribution in [0.5, 0.6) is 0 Å². The lowest BCUT2D eigenvalue weighted by Gasteiger charge is -2.03. The molecule has 0 aliphatic rings. The van der Waals surface area contributed by atoms with Crippen molar-refractivity contribution in [1.29, 1.82) is 5.41 Å². The molecule has 1 aromatic carbocycles. The van der Waals surface area contributed by atoms with Gasteiger partial charge in [0.1, 0.15) is 5.69 Å². The summed E-state index contributed by atoms with van der Waals surface area (Å²) >= 11 is 0. The maximum Gasteiger partial charge on any atom is 0.333 e. The van der Waals surface area contributed by atoms with E-state index < -0.39 is 13.1 Å². The number of halogens is 4. The number of benzene rings is 1. The number of rotatable bonds is 6. The highest BCUT2D eigenvalue weighted by atomic mass is 19.3. The average Bonchev–Trinajstić information content (AvgIpc) is 2.84. The van der Waals surface area contributed by atoms with Crippen LogP contribution in [0.2, 0.25) is 0 Å². The highest BCUT2D eigenvalue weighted by molar-refractivity contribution is 6.09. The number of nitrogens with zero attached hydrogens (tertiary/aromatic N) is 2. The van der Waals surface area contributed by atoms with Crippen molar-refractivity contribution in [3.63, 3.8) is 0 Å². The Hall–Kier alpha value is -2.71. The van der Waals surface area contributed by atoms with E-state index in [1.165, 1.54) is 18.2 Å². The molecule has 0 radical (unpaired) electrons. The number of nitrogens with one attached hydrogen (secondary N) is 2. The van der Waals surface area contributed by atoms with Crippen LogP contribution in [0.3, 0.4) is 0 Å². The van der Waals surface area contributed by atoms with Crippen LogP contribution >= 0.6 is 0 Å². The van der Waals surface area contributed by atoms with Gasteiger partial charge in [-0.25, -0.2) is 4.68 Å². The summed E-state index contributed by atoms with van der Waals surface area (Å²) in [5, 5.41) is 13.1. The standard InChI is InChI=1S/C13H10F4N4O/c14-12(15)19-4-3-9(18)7-1-2-8-10(6-22)20-21(13(16)17)11(8)5-7/h1-6,12-13,18-19H/b4-3-,18-9?. The number of alkyl halides is 4. The van der Waals surface area contributed by atoms with E-state index in [0.29, 0.717) is 11.0 Å². The lowest BCUT2D eigenvalue weighted by atomic mass is 10.1. The first kappa shape index (κ1) is 15.7. The number of carbonyl (C=O) groups excluding carboxylic acids is 1. The van der Waals surface area contributed by atoms with E-state index in [1.807, 2.05) is 0 Å². The van der Waals surface area contributed by atoms with Crippen molar-refractivity contribution in [2.75, 3.05) is 0 Å². The number of hydrogen-bond donors (Lipinski definition) is 2. The fraction of sp³-hybridized carbons (Fsp3) is 0.154. The summed E-state index contributed by atoms with van der Waals surface area (Å²) in [6, 6.07) is 4.04. The fourth-order valence-corrected chi connectivity index (χ4v) is 1.87. The van der Waals surface area contributed by atoms with Crippen molar-refractivity contribution in [1.82, 2.24) is 15.1 Å². The topological polar surface area (TPSA) is 70.8 Å². The third kappa shape index (κ3) is 3.13. The Morgan fingerprint density at radius 2 is 2.05 bits per heavy atom. The lowest BCUT2D eigenvalue weighted by Crippen LogP contribution is -2.12. The van der Waals surface area contributed by atoms with Crippen LogP contribution in [0.4, 0.5) is 17.6 Å². The largest absolute Gasteiger partial charge is 0.336 e. The number of hydrogen-bond acceptors (Lipinski definition) is 4. The Labute approximate surface area is 121 Å². The van der Waals surface area contributed by atoms with Crippen LogP contribution in [0, 0.1) is 5.41 Å². The monoisotopic (exact) mass is 314 g/mol. The second-order valence-electron chi connectivity index (χ2n) is 4.17. The summed E-state index contributed by atoms with van der Waals surface area (Å²) in [7, 11) is 0. The molecular weight excluding hydrogens is 304 g/mol. The van der Waals surface area contributed by atoms with Gasteiger partial charge in [-0.05, 0) is 18.2 Å². The highest BCUT2D eigenvalue weighted by Gasteiger charge is 2.16. The minimum atomic E-state index is -2.95. The van der Waals surface area contributed by atoms with Gasteiger partial charge in [-0.3, -0.25) is 4.79 Å². The zero-order valence-electron chi connectivity index (χ0n) is 10.9. The van der Waals surface area contributed by atoms with Crippen molar-refractivity contribution >= 4 is 22.9 Å². The Morgan fingerprint density at radius 3 is 2.64 bits per heavy atom. The predicted molar refractivity (Wildman–Crippen MR) is 71.5 cm³/mol. The van der Waals surface area contributed by atoms with Crippen LogP contribution in [0.25, 0.3) is 10.9 Å². The smallest absolute Gasteiger partial charge is 0.333 e. The molecule has 2 aromatic rings. The molecule has 116 valence electrons. The Balaban J connectivity index is 2.41. The summed E-state index contributed by atoms with van der Waals surface area (Å²) < 4.78 is 50.0. The first-order valence-corrected chi connectivity index (χ1v) is 5.99. The van der Waals surface area contributed by atoms with Gasteiger partial charge >= 0.3 is 13.1 Å². The molecular formula is C13H10F4N4O. The second-order valence-corrected chi connectivity index (χ2v) is 4.17. The maximum absolute atomic E-state index is 12.9. The first-order valence-electron chi connectivity index (χ1n) is 5.99. The van der Waals surface area contributed by atoms with Gasteiger partial charge in [-0.2, -0.15) is 22.7 Å². The van der Waals surface area contributed by atoms with Gasteiger partial charge < -0.3 is 10.7 Å². The predicted octanol–water partition coefficient (Wildman–Crippen LogP) is 2.94. The number of carbonyl (C=O) groups is 1. The Morgan fingerprint density at radius 1 is 1.32 bits per heavy atom. The van der Waals surface area contributed by atoms with Gasteiger partial charge in [0.15, 0.2) is 6.29 Å². The number of fused-ring (bicyclic) bond motifs is 1. The molecule has 0 amide bonds. The Kier molecular flexibility index (Phi) is 4.54. The molecule has 0 aliphatic heterocycles. The minimum Gasteiger partial charge on any atom is -0.336 e. The normalized spacial score (nSPS) is 11.7. The van der Waals surface area contributed by atoms with Gasteiger partial charge in [0.25, 0.3) is 0 Å². The summed E-state index contributed by atoms with van der Waals surface area (Å²) in [5.74, 6) is 0. The van der Waals surface area contributed by atoms with E-state index in [1.54, 1.807) is 5.32 Å². The molecule has 1 aromatic heterocycles. The maximum atomic E-state index is 12.9. The Bertz CT molecular complexity index is 739. The van der Waals surface area contributed by atoms with E-state index in [9.17, 15) is 22.4 Å². The van der Waals surface area contributed by atoms with Gasteiger partial charge in [-0.15, -0.1) is 0 Å². The van der Waals surface area contributed by atoms with E-state index in [4.69, 9.17) is 5.41 Å². The van der Waals surface area contributed by atoms with E-state index >= 15 is 0 Å². The summed E-state index contributed by atoms with van der Waals surface area (Å²) in [4.78, 5) is 10.8. The SMILES string of the molecule is N=C(/C=C\NC(F)F)c1ccc2c(C=O)nn(C(F)F)c2c1. The van der Waals surface area contributed by atoms with Gasteiger partial charge in [0.2, 0.25) is 0 Å². The van der Waals surface area contributed by atoms with E-state index in [2.05, 4.69) is 5.10 Å². The molecule has 0 bridgehead atoms. The van der Waals surface area contributed by atoms with Gasteiger partial charge in [0.05, 0.1) is 11.2 Å². The number of aromatic nitrogens is 2. The third-order valence-electron chi connectivity index (χ3n) is 2.82. The van der Waals surface area contributed by atoms with E-state index in [0.717, 1.165) is 12.3 Å². The summed E-state index contributed by atoms with van der Waals surface area (Å²) in [6.07, 6.45) is 2.31. The molecule has 5 nitrogen and oxygen atoms in total. The molecule has 9 heteroatoms. The molecule has 0 fully saturated rings. The van der Waals surface area contributed by atoms with Gasteiger partial charge in [0, 0.05) is 17.1 Å². The van der Waals surface area contributed by atoms with Crippen molar-refractivity contribution < 1.29 is 22.4 Å². The minimum absolute atomic E-state index is 0.0189. The highest BCUT2D eigenvalue weighted by Crippen LogP contribution is 2.24. The zero-order valence-corrected chi connectivity index (χ0v) is 10.9. The van der Waals surface area contributed by atoms with Crippen molar-refractivity contribution in [3.05, 3.63) is 41.7 Å². The van der Waals surface area contributed by atoms with E-state index in [-0.39, 0.29) is 27.9 Å². The zero-order chi connectivity index (χ0) is 16.3. The molecule has 0 aliphatic carbocycles. The van der Waals surface area contributed by atoms with Crippen LogP contribution in [-0.4, -0.2) is 28.3 Å². The van der Waals surface area contributed by atoms with Crippen LogP contribution in [-0.2, 0) is 0 Å². The molecule has 2 N–H and O–H groups in total. The second kappa shape index (κ2) is 6.37. The van der Waals surface area contributed by atoms with Crippen LogP contribution in [0.1, 0.15) is 22.6 Å². The molecule has 0 saturated carbocycles. The molecule has 0 saturated heterocycles. The van der Waals surface area contributed by atoms with Crippen molar-refractivity contribution in [2.45, 2.75) is 13.1 Å². The lowest BCUT2D eigenvalue weighted by molar-refractivity contribution is 0.0611. The number of allylic oxidation sites excluding steroid dienone is 1. The van der Waals surface area contributed by atoms with Crippen molar-refractivity contribution in [3.8, 4) is 0 Å². The summed E-state index contributed by atoms with van der Waals surface area (Å²) in [5.41, 5.74) is -0.0957. The molecule has 1 heterocycles. The summed E-state index contributed by atoms with van der Waals surface area (Å²) in [6.45, 7) is -5.71. The molecule has 22 heavy (non-hydrogen) atoms. The van der Waals surface area contributed by atoms with Crippen LogP contribution in [0.15, 0.2) is 30.5 Å². The molecule has 0 atom stereocenters. The van der Waals surface area contributed by atoms with Gasteiger partial charge in [-0.1, -0.05) is 6.07 Å². The number of aldehydes is 1. The molecule has 0 unspecified atom stereocenters. The first-order chi connectivity index (χ1) is 10.4. The quantitative estimate of drug-likeness (QED) is 0.373. The average molecular weight is 314 g/mol. The van der Waals surface area contributed by atoms with Crippen LogP contribution < -0.4 is 5.32 Å². The third-order valence-corrected chi connectivity index (χ3v) is 2.82. The molecule has 0 spiro atoms. The fourth-order valence-electron chi connectivity index (χ4n) is 1.87.